The molecule has 0 fully saturated rings. The molecule has 0 bridgehead atoms. The van der Waals surface area contributed by atoms with Gasteiger partial charge >= 0.3 is 0 Å². The van der Waals surface area contributed by atoms with Crippen LogP contribution in [0.5, 0.6) is 5.75 Å². The summed E-state index contributed by atoms with van der Waals surface area (Å²) in [6.45, 7) is 1.47. The topological polar surface area (TPSA) is 21.3 Å². The SMILES string of the molecule is CNCc1cccc(COc2ccc3ccccc3c2)c1. The van der Waals surface area contributed by atoms with Crippen molar-refractivity contribution in [1.29, 1.82) is 0 Å². The second-order valence-corrected chi connectivity index (χ2v) is 5.15. The molecule has 2 heteroatoms. The maximum absolute atomic E-state index is 5.91. The molecule has 0 spiro atoms. The van der Waals surface area contributed by atoms with Crippen molar-refractivity contribution in [2.45, 2.75) is 13.2 Å². The van der Waals surface area contributed by atoms with Gasteiger partial charge in [-0.15, -0.1) is 0 Å². The average molecular weight is 277 g/mol. The maximum Gasteiger partial charge on any atom is 0.120 e. The molecule has 1 N–H and O–H groups in total. The van der Waals surface area contributed by atoms with E-state index < -0.39 is 0 Å². The molecule has 0 aromatic heterocycles. The number of nitrogens with one attached hydrogen (secondary N) is 1. The number of fused-ring (bicyclic) bond motifs is 1. The van der Waals surface area contributed by atoms with Gasteiger partial charge in [0, 0.05) is 6.54 Å². The normalized spacial score (nSPS) is 10.7. The van der Waals surface area contributed by atoms with Crippen molar-refractivity contribution in [1.82, 2.24) is 5.32 Å². The highest BCUT2D eigenvalue weighted by Gasteiger charge is 1.99. The fourth-order valence-corrected chi connectivity index (χ4v) is 2.46. The van der Waals surface area contributed by atoms with Gasteiger partial charge in [0.25, 0.3) is 0 Å². The van der Waals surface area contributed by atoms with Gasteiger partial charge in [0.15, 0.2) is 0 Å². The Kier molecular flexibility index (Phi) is 4.17. The molecular formula is C19H19NO. The van der Waals surface area contributed by atoms with Gasteiger partial charge in [-0.25, -0.2) is 0 Å². The van der Waals surface area contributed by atoms with Gasteiger partial charge in [0.05, 0.1) is 0 Å². The van der Waals surface area contributed by atoms with E-state index in [1.165, 1.54) is 21.9 Å². The largest absolute Gasteiger partial charge is 0.489 e. The summed E-state index contributed by atoms with van der Waals surface area (Å²) in [5.41, 5.74) is 2.47. The molecule has 0 saturated carbocycles. The van der Waals surface area contributed by atoms with Gasteiger partial charge in [-0.2, -0.15) is 0 Å². The Bertz CT molecular complexity index is 736. The smallest absolute Gasteiger partial charge is 0.120 e. The lowest BCUT2D eigenvalue weighted by molar-refractivity contribution is 0.306. The Hall–Kier alpha value is -2.32. The van der Waals surface area contributed by atoms with E-state index in [0.29, 0.717) is 6.61 Å². The first-order valence-electron chi connectivity index (χ1n) is 7.19. The molecule has 106 valence electrons. The van der Waals surface area contributed by atoms with Crippen LogP contribution in [0.25, 0.3) is 10.8 Å². The predicted molar refractivity (Wildman–Crippen MR) is 87.5 cm³/mol. The van der Waals surface area contributed by atoms with Crippen LogP contribution in [0.2, 0.25) is 0 Å². The van der Waals surface area contributed by atoms with E-state index in [1.54, 1.807) is 0 Å². The molecular weight excluding hydrogens is 258 g/mol. The van der Waals surface area contributed by atoms with Crippen LogP contribution >= 0.6 is 0 Å². The number of hydrogen-bond donors (Lipinski definition) is 1. The van der Waals surface area contributed by atoms with Crippen molar-refractivity contribution in [2.24, 2.45) is 0 Å². The first-order chi connectivity index (χ1) is 10.3. The van der Waals surface area contributed by atoms with Crippen LogP contribution in [-0.4, -0.2) is 7.05 Å². The van der Waals surface area contributed by atoms with Crippen LogP contribution in [-0.2, 0) is 13.2 Å². The fraction of sp³-hybridized carbons (Fsp3) is 0.158. The monoisotopic (exact) mass is 277 g/mol. The van der Waals surface area contributed by atoms with Crippen molar-refractivity contribution in [3.8, 4) is 5.75 Å². The van der Waals surface area contributed by atoms with Crippen LogP contribution < -0.4 is 10.1 Å². The van der Waals surface area contributed by atoms with Crippen molar-refractivity contribution < 1.29 is 4.74 Å². The molecule has 0 atom stereocenters. The van der Waals surface area contributed by atoms with E-state index in [9.17, 15) is 0 Å². The third-order valence-corrected chi connectivity index (χ3v) is 3.50. The van der Waals surface area contributed by atoms with Gasteiger partial charge in [-0.3, -0.25) is 0 Å². The predicted octanol–water partition coefficient (Wildman–Crippen LogP) is 4.14. The van der Waals surface area contributed by atoms with E-state index in [2.05, 4.69) is 59.9 Å². The molecule has 21 heavy (non-hydrogen) atoms. The van der Waals surface area contributed by atoms with Gasteiger partial charge in [0.1, 0.15) is 12.4 Å². The minimum absolute atomic E-state index is 0.593. The highest BCUT2D eigenvalue weighted by atomic mass is 16.5. The zero-order valence-corrected chi connectivity index (χ0v) is 12.2. The fourth-order valence-electron chi connectivity index (χ4n) is 2.46. The Balaban J connectivity index is 1.72. The van der Waals surface area contributed by atoms with Gasteiger partial charge in [0.2, 0.25) is 0 Å². The summed E-state index contributed by atoms with van der Waals surface area (Å²) in [5, 5.41) is 5.61. The zero-order chi connectivity index (χ0) is 14.5. The minimum Gasteiger partial charge on any atom is -0.489 e. The lowest BCUT2D eigenvalue weighted by Crippen LogP contribution is -2.05. The Morgan fingerprint density at radius 2 is 1.62 bits per heavy atom. The summed E-state index contributed by atoms with van der Waals surface area (Å²) in [4.78, 5) is 0. The summed E-state index contributed by atoms with van der Waals surface area (Å²) in [6, 6.07) is 23.0. The van der Waals surface area contributed by atoms with Crippen molar-refractivity contribution in [2.75, 3.05) is 7.05 Å². The quantitative estimate of drug-likeness (QED) is 0.757. The van der Waals surface area contributed by atoms with Gasteiger partial charge in [-0.1, -0.05) is 54.6 Å². The first kappa shape index (κ1) is 13.7. The van der Waals surface area contributed by atoms with Gasteiger partial charge < -0.3 is 10.1 Å². The highest BCUT2D eigenvalue weighted by Crippen LogP contribution is 2.21. The third-order valence-electron chi connectivity index (χ3n) is 3.50. The average Bonchev–Trinajstić information content (AvgIpc) is 2.53. The number of benzene rings is 3. The summed E-state index contributed by atoms with van der Waals surface area (Å²) >= 11 is 0. The second kappa shape index (κ2) is 6.42. The van der Waals surface area contributed by atoms with Crippen LogP contribution in [0, 0.1) is 0 Å². The van der Waals surface area contributed by atoms with Crippen LogP contribution in [0.1, 0.15) is 11.1 Å². The Morgan fingerprint density at radius 3 is 2.48 bits per heavy atom. The molecule has 3 rings (SSSR count). The molecule has 0 amide bonds. The summed E-state index contributed by atoms with van der Waals surface area (Å²) in [5.74, 6) is 0.910. The molecule has 0 heterocycles. The Morgan fingerprint density at radius 1 is 0.810 bits per heavy atom. The third kappa shape index (κ3) is 3.41. The molecule has 0 aliphatic rings. The Labute approximate surface area is 125 Å². The molecule has 3 aromatic rings. The highest BCUT2D eigenvalue weighted by molar-refractivity contribution is 5.83. The zero-order valence-electron chi connectivity index (χ0n) is 12.2. The van der Waals surface area contributed by atoms with E-state index in [-0.39, 0.29) is 0 Å². The van der Waals surface area contributed by atoms with E-state index in [1.807, 2.05) is 19.2 Å². The molecule has 0 radical (unpaired) electrons. The number of ether oxygens (including phenoxy) is 1. The van der Waals surface area contributed by atoms with Crippen LogP contribution in [0.15, 0.2) is 66.7 Å². The molecule has 3 aromatic carbocycles. The van der Waals surface area contributed by atoms with Gasteiger partial charge in [-0.05, 0) is 41.1 Å². The van der Waals surface area contributed by atoms with E-state index in [0.717, 1.165) is 12.3 Å². The minimum atomic E-state index is 0.593. The second-order valence-electron chi connectivity index (χ2n) is 5.15. The summed E-state index contributed by atoms with van der Waals surface area (Å²) in [6.07, 6.45) is 0. The number of rotatable bonds is 5. The van der Waals surface area contributed by atoms with E-state index >= 15 is 0 Å². The van der Waals surface area contributed by atoms with Crippen LogP contribution in [0.4, 0.5) is 0 Å². The van der Waals surface area contributed by atoms with Crippen molar-refractivity contribution in [3.63, 3.8) is 0 Å². The molecule has 0 aliphatic carbocycles. The summed E-state index contributed by atoms with van der Waals surface area (Å²) < 4.78 is 5.91. The molecule has 2 nitrogen and oxygen atoms in total. The molecule has 0 unspecified atom stereocenters. The molecule has 0 saturated heterocycles. The van der Waals surface area contributed by atoms with E-state index in [4.69, 9.17) is 4.74 Å². The summed E-state index contributed by atoms with van der Waals surface area (Å²) in [7, 11) is 1.96. The molecule has 0 aliphatic heterocycles. The first-order valence-corrected chi connectivity index (χ1v) is 7.19. The van der Waals surface area contributed by atoms with Crippen LogP contribution in [0.3, 0.4) is 0 Å². The number of hydrogen-bond acceptors (Lipinski definition) is 2. The van der Waals surface area contributed by atoms with Crippen molar-refractivity contribution >= 4 is 10.8 Å². The standard InChI is InChI=1S/C19H19NO/c1-20-13-15-5-4-6-16(11-15)14-21-19-10-9-17-7-2-3-8-18(17)12-19/h2-12,20H,13-14H2,1H3. The maximum atomic E-state index is 5.91. The van der Waals surface area contributed by atoms with Crippen molar-refractivity contribution in [3.05, 3.63) is 77.9 Å². The lowest BCUT2D eigenvalue weighted by Gasteiger charge is -2.09. The lowest BCUT2D eigenvalue weighted by atomic mass is 10.1.